The topological polar surface area (TPSA) is 85.2 Å². The molecule has 0 saturated carbocycles. The van der Waals surface area contributed by atoms with Gasteiger partial charge in [-0.05, 0) is 60.7 Å². The molecule has 0 spiro atoms. The van der Waals surface area contributed by atoms with Crippen molar-refractivity contribution < 1.29 is 26.3 Å². The summed E-state index contributed by atoms with van der Waals surface area (Å²) >= 11 is 0. The van der Waals surface area contributed by atoms with E-state index in [0.29, 0.717) is 78.5 Å². The van der Waals surface area contributed by atoms with Gasteiger partial charge in [-0.15, -0.1) is 0 Å². The minimum atomic E-state index is -5.24. The van der Waals surface area contributed by atoms with Gasteiger partial charge in [-0.1, -0.05) is 66.7 Å². The molecular weight excluding hydrogens is 777 g/mol. The number of para-hydroxylation sites is 2. The summed E-state index contributed by atoms with van der Waals surface area (Å²) in [5, 5.41) is 13.3. The Morgan fingerprint density at radius 2 is 0.850 bits per heavy atom. The molecule has 0 bridgehead atoms. The van der Waals surface area contributed by atoms with Gasteiger partial charge in [0.15, 0.2) is 11.6 Å². The lowest BCUT2D eigenvalue weighted by atomic mass is 9.89. The van der Waals surface area contributed by atoms with Gasteiger partial charge in [0.1, 0.15) is 0 Å². The molecule has 0 unspecified atom stereocenters. The number of rotatable bonds is 5. The van der Waals surface area contributed by atoms with E-state index in [1.807, 2.05) is 24.3 Å². The molecule has 0 aliphatic carbocycles. The van der Waals surface area contributed by atoms with Crippen molar-refractivity contribution in [2.24, 2.45) is 0 Å². The minimum Gasteiger partial charge on any atom is -0.308 e. The van der Waals surface area contributed by atoms with Gasteiger partial charge in [-0.25, -0.2) is 19.9 Å². The molecule has 0 radical (unpaired) electrons. The summed E-state index contributed by atoms with van der Waals surface area (Å²) in [5.41, 5.74) is -1.74. The lowest BCUT2D eigenvalue weighted by Crippen LogP contribution is -2.16. The SMILES string of the molecule is N#Cc1cc(-n2c3ccccc3c3ccc(-c4ncccn4)cc32)c(-c2c(C(F)(F)F)cccc2C(F)(F)F)c(-n2c3ccccc3c3ccc(-c4ncccn4)cc32)c1. The van der Waals surface area contributed by atoms with Gasteiger partial charge in [0.05, 0.1) is 56.2 Å². The fourth-order valence-electron chi connectivity index (χ4n) is 8.21. The zero-order chi connectivity index (χ0) is 41.3. The largest absolute Gasteiger partial charge is 0.417 e. The quantitative estimate of drug-likeness (QED) is 0.162. The van der Waals surface area contributed by atoms with Crippen molar-refractivity contribution in [2.75, 3.05) is 0 Å². The number of nitrogens with zero attached hydrogens (tertiary/aromatic N) is 7. The number of hydrogen-bond acceptors (Lipinski definition) is 5. The van der Waals surface area contributed by atoms with E-state index < -0.39 is 34.6 Å². The van der Waals surface area contributed by atoms with Crippen LogP contribution in [-0.2, 0) is 12.4 Å². The summed E-state index contributed by atoms with van der Waals surface area (Å²) < 4.78 is 95.8. The number of fused-ring (bicyclic) bond motifs is 6. The van der Waals surface area contributed by atoms with Gasteiger partial charge in [0.2, 0.25) is 0 Å². The van der Waals surface area contributed by atoms with Crippen molar-refractivity contribution in [2.45, 2.75) is 12.4 Å². The first-order valence-corrected chi connectivity index (χ1v) is 18.5. The number of aromatic nitrogens is 6. The van der Waals surface area contributed by atoms with E-state index in [0.717, 1.165) is 6.07 Å². The molecule has 7 nitrogen and oxygen atoms in total. The molecule has 4 heterocycles. The average Bonchev–Trinajstić information content (AvgIpc) is 3.77. The fourth-order valence-corrected chi connectivity index (χ4v) is 8.21. The zero-order valence-electron chi connectivity index (χ0n) is 30.8. The number of hydrogen-bond donors (Lipinski definition) is 0. The Morgan fingerprint density at radius 3 is 1.27 bits per heavy atom. The summed E-state index contributed by atoms with van der Waals surface area (Å²) in [4.78, 5) is 17.6. The van der Waals surface area contributed by atoms with E-state index in [1.54, 1.807) is 107 Å². The third kappa shape index (κ3) is 5.83. The Morgan fingerprint density at radius 1 is 0.433 bits per heavy atom. The van der Waals surface area contributed by atoms with Crippen LogP contribution in [0.25, 0.3) is 88.9 Å². The predicted molar refractivity (Wildman–Crippen MR) is 217 cm³/mol. The highest BCUT2D eigenvalue weighted by molar-refractivity contribution is 6.13. The van der Waals surface area contributed by atoms with E-state index in [1.165, 1.54) is 12.1 Å². The molecule has 10 aromatic rings. The monoisotopic (exact) mass is 801 g/mol. The lowest BCUT2D eigenvalue weighted by Gasteiger charge is -2.25. The van der Waals surface area contributed by atoms with Gasteiger partial charge < -0.3 is 9.13 Å². The standard InChI is InChI=1S/C47H25F6N7/c48-46(49,50)34-10-5-11-35(47(51,52)53)42(34)43-40(59-36-12-3-1-8-30(36)32-16-14-28(24-38(32)59)44-55-18-6-19-56-44)22-27(26-54)23-41(43)60-37-13-4-2-9-31(37)33-17-15-29(25-39(33)60)45-57-20-7-21-58-45/h1-25H. The summed E-state index contributed by atoms with van der Waals surface area (Å²) in [6.07, 6.45) is -4.22. The molecule has 0 amide bonds. The minimum absolute atomic E-state index is 0.0104. The highest BCUT2D eigenvalue weighted by Crippen LogP contribution is 2.50. The maximum absolute atomic E-state index is 15.4. The summed E-state index contributed by atoms with van der Waals surface area (Å²) in [6, 6.07) is 35.2. The maximum atomic E-state index is 15.4. The number of alkyl halides is 6. The molecular formula is C47H25F6N7. The summed E-state index contributed by atoms with van der Waals surface area (Å²) in [7, 11) is 0. The molecule has 0 fully saturated rings. The van der Waals surface area contributed by atoms with E-state index in [2.05, 4.69) is 26.0 Å². The van der Waals surface area contributed by atoms with Crippen molar-refractivity contribution in [1.29, 1.82) is 5.26 Å². The predicted octanol–water partition coefficient (Wildman–Crippen LogP) is 12.4. The van der Waals surface area contributed by atoms with Gasteiger partial charge in [0.25, 0.3) is 0 Å². The third-order valence-corrected chi connectivity index (χ3v) is 10.6. The normalized spacial score (nSPS) is 12.2. The Bertz CT molecular complexity index is 3150. The summed E-state index contributed by atoms with van der Waals surface area (Å²) in [6.45, 7) is 0. The van der Waals surface area contributed by atoms with Gasteiger partial charge in [0, 0.05) is 68.6 Å². The van der Waals surface area contributed by atoms with Crippen molar-refractivity contribution in [3.05, 3.63) is 169 Å². The highest BCUT2D eigenvalue weighted by Gasteiger charge is 2.43. The van der Waals surface area contributed by atoms with Crippen LogP contribution in [0.5, 0.6) is 0 Å². The molecule has 0 aliphatic rings. The fraction of sp³-hybridized carbons (Fsp3) is 0.0426. The Labute approximate surface area is 336 Å². The molecule has 0 atom stereocenters. The first-order chi connectivity index (χ1) is 29.0. The first-order valence-electron chi connectivity index (χ1n) is 18.5. The second-order valence-corrected chi connectivity index (χ2v) is 14.0. The zero-order valence-corrected chi connectivity index (χ0v) is 30.8. The third-order valence-electron chi connectivity index (χ3n) is 10.6. The highest BCUT2D eigenvalue weighted by atomic mass is 19.4. The first kappa shape index (κ1) is 36.5. The van der Waals surface area contributed by atoms with Crippen LogP contribution < -0.4 is 0 Å². The van der Waals surface area contributed by atoms with Crippen molar-refractivity contribution >= 4 is 43.6 Å². The van der Waals surface area contributed by atoms with Crippen LogP contribution in [0, 0.1) is 11.3 Å². The Balaban J connectivity index is 1.44. The van der Waals surface area contributed by atoms with E-state index in [4.69, 9.17) is 0 Å². The molecule has 0 saturated heterocycles. The average molecular weight is 802 g/mol. The van der Waals surface area contributed by atoms with E-state index in [-0.39, 0.29) is 16.9 Å². The molecule has 0 N–H and O–H groups in total. The number of halogens is 6. The Hall–Kier alpha value is -7.85. The molecule has 10 rings (SSSR count). The van der Waals surface area contributed by atoms with Crippen LogP contribution in [0.1, 0.15) is 16.7 Å². The van der Waals surface area contributed by atoms with Crippen LogP contribution in [-0.4, -0.2) is 29.1 Å². The molecule has 6 aromatic carbocycles. The Kier molecular flexibility index (Phi) is 8.29. The van der Waals surface area contributed by atoms with Gasteiger partial charge in [-0.3, -0.25) is 0 Å². The van der Waals surface area contributed by atoms with Gasteiger partial charge in [-0.2, -0.15) is 31.6 Å². The molecule has 0 aliphatic heterocycles. The smallest absolute Gasteiger partial charge is 0.308 e. The second-order valence-electron chi connectivity index (χ2n) is 14.0. The van der Waals surface area contributed by atoms with Crippen LogP contribution in [0.2, 0.25) is 0 Å². The molecule has 4 aromatic heterocycles. The van der Waals surface area contributed by atoms with E-state index >= 15 is 26.3 Å². The van der Waals surface area contributed by atoms with Crippen LogP contribution in [0.3, 0.4) is 0 Å². The molecule has 290 valence electrons. The van der Waals surface area contributed by atoms with Crippen molar-refractivity contribution in [1.82, 2.24) is 29.1 Å². The van der Waals surface area contributed by atoms with Crippen LogP contribution in [0.4, 0.5) is 26.3 Å². The van der Waals surface area contributed by atoms with Crippen molar-refractivity contribution in [3.63, 3.8) is 0 Å². The van der Waals surface area contributed by atoms with Crippen molar-refractivity contribution in [3.8, 4) is 51.3 Å². The molecule has 60 heavy (non-hydrogen) atoms. The van der Waals surface area contributed by atoms with Gasteiger partial charge >= 0.3 is 12.4 Å². The second kappa shape index (κ2) is 13.6. The molecule has 13 heteroatoms. The lowest BCUT2D eigenvalue weighted by molar-refractivity contribution is -0.142. The van der Waals surface area contributed by atoms with Crippen LogP contribution in [0.15, 0.2) is 152 Å². The van der Waals surface area contributed by atoms with Crippen LogP contribution >= 0.6 is 0 Å². The maximum Gasteiger partial charge on any atom is 0.417 e. The number of benzene rings is 6. The number of nitriles is 1. The summed E-state index contributed by atoms with van der Waals surface area (Å²) in [5.74, 6) is 0.710. The van der Waals surface area contributed by atoms with E-state index in [9.17, 15) is 5.26 Å².